The van der Waals surface area contributed by atoms with E-state index in [9.17, 15) is 0 Å². The minimum absolute atomic E-state index is 1.13. The maximum Gasteiger partial charge on any atom is 0.0373 e. The van der Waals surface area contributed by atoms with Crippen LogP contribution < -0.4 is 4.90 Å². The molecule has 1 aliphatic heterocycles. The van der Waals surface area contributed by atoms with E-state index in [-0.39, 0.29) is 0 Å². The third kappa shape index (κ3) is 4.49. The molecular weight excluding hydrogens is 426 g/mol. The third-order valence-corrected chi connectivity index (χ3v) is 7.75. The Bertz CT molecular complexity index is 1420. The third-order valence-electron chi connectivity index (χ3n) is 7.75. The molecule has 1 fully saturated rings. The van der Waals surface area contributed by atoms with Crippen LogP contribution in [0.2, 0.25) is 0 Å². The smallest absolute Gasteiger partial charge is 0.0373 e. The molecule has 0 spiro atoms. The van der Waals surface area contributed by atoms with Crippen LogP contribution in [0.25, 0.3) is 32.3 Å². The lowest BCUT2D eigenvalue weighted by atomic mass is 9.86. The Hall–Kier alpha value is -3.43. The molecule has 0 N–H and O–H groups in total. The van der Waals surface area contributed by atoms with Crippen molar-refractivity contribution in [1.29, 1.82) is 0 Å². The molecule has 7 rings (SSSR count). The zero-order chi connectivity index (χ0) is 23.6. The lowest BCUT2D eigenvalue weighted by Gasteiger charge is -2.34. The summed E-state index contributed by atoms with van der Waals surface area (Å²) >= 11 is 0. The van der Waals surface area contributed by atoms with Crippen LogP contribution in [0.5, 0.6) is 0 Å². The van der Waals surface area contributed by atoms with Crippen molar-refractivity contribution in [2.75, 3.05) is 38.1 Å². The number of pyridine rings is 1. The average molecular weight is 460 g/mol. The van der Waals surface area contributed by atoms with Crippen molar-refractivity contribution < 1.29 is 0 Å². The van der Waals surface area contributed by atoms with Crippen LogP contribution in [0, 0.1) is 0 Å². The van der Waals surface area contributed by atoms with Gasteiger partial charge in [-0.25, -0.2) is 0 Å². The van der Waals surface area contributed by atoms with Gasteiger partial charge in [-0.3, -0.25) is 4.98 Å². The summed E-state index contributed by atoms with van der Waals surface area (Å²) in [6.07, 6.45) is 8.87. The van der Waals surface area contributed by atoms with Gasteiger partial charge in [0.25, 0.3) is 0 Å². The molecule has 0 radical (unpaired) electrons. The van der Waals surface area contributed by atoms with Gasteiger partial charge in [-0.05, 0) is 94.4 Å². The van der Waals surface area contributed by atoms with Gasteiger partial charge in [0.05, 0.1) is 0 Å². The van der Waals surface area contributed by atoms with E-state index >= 15 is 0 Å². The van der Waals surface area contributed by atoms with Crippen LogP contribution in [0.1, 0.15) is 24.0 Å². The van der Waals surface area contributed by atoms with Gasteiger partial charge < -0.3 is 9.80 Å². The van der Waals surface area contributed by atoms with Crippen molar-refractivity contribution in [2.45, 2.75) is 25.7 Å². The minimum Gasteiger partial charge on any atom is -0.369 e. The normalized spacial score (nSPS) is 16.2. The fourth-order valence-electron chi connectivity index (χ4n) is 5.68. The van der Waals surface area contributed by atoms with E-state index in [0.29, 0.717) is 0 Å². The first kappa shape index (κ1) is 22.1. The van der Waals surface area contributed by atoms with Crippen molar-refractivity contribution in [1.82, 2.24) is 9.88 Å². The zero-order valence-electron chi connectivity index (χ0n) is 20.6. The summed E-state index contributed by atoms with van der Waals surface area (Å²) in [5.74, 6) is 0. The van der Waals surface area contributed by atoms with Gasteiger partial charge >= 0.3 is 0 Å². The largest absolute Gasteiger partial charge is 0.369 e. The van der Waals surface area contributed by atoms with Crippen LogP contribution in [-0.2, 0) is 12.8 Å². The molecule has 1 aromatic heterocycles. The fourth-order valence-corrected chi connectivity index (χ4v) is 5.68. The monoisotopic (exact) mass is 459 g/mol. The molecule has 176 valence electrons. The summed E-state index contributed by atoms with van der Waals surface area (Å²) in [4.78, 5) is 8.95. The zero-order valence-corrected chi connectivity index (χ0v) is 20.6. The number of aromatic nitrogens is 1. The molecule has 1 aliphatic carbocycles. The first-order valence-electron chi connectivity index (χ1n) is 13.0. The molecule has 0 saturated carbocycles. The Labute approximate surface area is 208 Å². The number of hydrogen-bond acceptors (Lipinski definition) is 3. The summed E-state index contributed by atoms with van der Waals surface area (Å²) in [7, 11) is 2.21. The van der Waals surface area contributed by atoms with E-state index in [1.54, 1.807) is 11.1 Å². The standard InChI is InChI=1S/C23H26N2.C9H7N/c1-24-12-14-25(15-13-24)19-8-11-21-18(16-19)7-10-22-20-5-3-2-4-17(20)6-9-23(21)22;1-2-4-9-7-10-6-5-8(9)3-1/h6-11,16H,2-5,12-15H2,1H3;1-7H. The molecule has 4 aromatic carbocycles. The van der Waals surface area contributed by atoms with Crippen molar-refractivity contribution in [3.8, 4) is 0 Å². The summed E-state index contributed by atoms with van der Waals surface area (Å²) in [5, 5.41) is 8.14. The molecule has 3 nitrogen and oxygen atoms in total. The molecular formula is C32H33N3. The second-order valence-electron chi connectivity index (χ2n) is 9.99. The highest BCUT2D eigenvalue weighted by atomic mass is 15.2. The van der Waals surface area contributed by atoms with Gasteiger partial charge in [0.1, 0.15) is 0 Å². The molecule has 3 heteroatoms. The van der Waals surface area contributed by atoms with Crippen molar-refractivity contribution in [3.63, 3.8) is 0 Å². The summed E-state index contributed by atoms with van der Waals surface area (Å²) in [6, 6.07) is 26.7. The predicted molar refractivity (Wildman–Crippen MR) is 150 cm³/mol. The molecule has 0 atom stereocenters. The second-order valence-corrected chi connectivity index (χ2v) is 9.99. The maximum atomic E-state index is 4.01. The highest BCUT2D eigenvalue weighted by Gasteiger charge is 2.16. The number of aryl methyl sites for hydroxylation is 2. The van der Waals surface area contributed by atoms with E-state index < -0.39 is 0 Å². The van der Waals surface area contributed by atoms with Gasteiger partial charge in [-0.2, -0.15) is 0 Å². The minimum atomic E-state index is 1.13. The molecule has 35 heavy (non-hydrogen) atoms. The lowest BCUT2D eigenvalue weighted by molar-refractivity contribution is 0.313. The van der Waals surface area contributed by atoms with Gasteiger partial charge in [0, 0.05) is 44.3 Å². The Balaban J connectivity index is 0.000000191. The van der Waals surface area contributed by atoms with Gasteiger partial charge in [-0.1, -0.05) is 54.6 Å². The molecule has 0 bridgehead atoms. The SMILES string of the molecule is CN1CCN(c2ccc3c(ccc4c5c(ccc43)CCCC5)c2)CC1.c1ccc2cnccc2c1. The van der Waals surface area contributed by atoms with Gasteiger partial charge in [0.15, 0.2) is 0 Å². The van der Waals surface area contributed by atoms with E-state index in [0.717, 1.165) is 26.2 Å². The quantitative estimate of drug-likeness (QED) is 0.255. The summed E-state index contributed by atoms with van der Waals surface area (Å²) in [6.45, 7) is 4.57. The van der Waals surface area contributed by atoms with Gasteiger partial charge in [-0.15, -0.1) is 0 Å². The summed E-state index contributed by atoms with van der Waals surface area (Å²) in [5.41, 5.74) is 4.55. The fraction of sp³-hybridized carbons (Fsp3) is 0.281. The molecule has 2 aliphatic rings. The average Bonchev–Trinajstić information content (AvgIpc) is 2.93. The van der Waals surface area contributed by atoms with Gasteiger partial charge in [0.2, 0.25) is 0 Å². The van der Waals surface area contributed by atoms with Crippen LogP contribution in [0.15, 0.2) is 85.2 Å². The molecule has 0 unspecified atom stereocenters. The molecule has 0 amide bonds. The first-order valence-corrected chi connectivity index (χ1v) is 13.0. The number of piperazine rings is 1. The number of hydrogen-bond donors (Lipinski definition) is 0. The lowest BCUT2D eigenvalue weighted by Crippen LogP contribution is -2.44. The van der Waals surface area contributed by atoms with E-state index in [1.165, 1.54) is 63.7 Å². The predicted octanol–water partition coefficient (Wildman–Crippen LogP) is 6.86. The number of rotatable bonds is 1. The van der Waals surface area contributed by atoms with Crippen molar-refractivity contribution in [2.24, 2.45) is 0 Å². The molecule has 2 heterocycles. The van der Waals surface area contributed by atoms with E-state index in [4.69, 9.17) is 0 Å². The summed E-state index contributed by atoms with van der Waals surface area (Å²) < 4.78 is 0. The van der Waals surface area contributed by atoms with E-state index in [1.807, 2.05) is 30.6 Å². The van der Waals surface area contributed by atoms with Crippen LogP contribution in [0.4, 0.5) is 5.69 Å². The number of likely N-dealkylation sites (N-methyl/N-ethyl adjacent to an activating group) is 1. The number of benzene rings is 4. The molecule has 5 aromatic rings. The first-order chi connectivity index (χ1) is 17.3. The Morgan fingerprint density at radius 3 is 2.29 bits per heavy atom. The maximum absolute atomic E-state index is 4.01. The van der Waals surface area contributed by atoms with Crippen LogP contribution in [-0.4, -0.2) is 43.1 Å². The Morgan fingerprint density at radius 1 is 0.657 bits per heavy atom. The topological polar surface area (TPSA) is 19.4 Å². The van der Waals surface area contributed by atoms with Crippen LogP contribution in [0.3, 0.4) is 0 Å². The number of nitrogens with zero attached hydrogens (tertiary/aromatic N) is 3. The molecule has 1 saturated heterocycles. The number of anilines is 1. The second kappa shape index (κ2) is 9.67. The van der Waals surface area contributed by atoms with Crippen molar-refractivity contribution >= 4 is 38.0 Å². The Morgan fingerprint density at radius 2 is 1.43 bits per heavy atom. The van der Waals surface area contributed by atoms with E-state index in [2.05, 4.69) is 76.4 Å². The number of fused-ring (bicyclic) bond motifs is 6. The van der Waals surface area contributed by atoms with Crippen molar-refractivity contribution in [3.05, 3.63) is 96.3 Å². The highest BCUT2D eigenvalue weighted by molar-refractivity contribution is 6.09. The van der Waals surface area contributed by atoms with Crippen LogP contribution >= 0.6 is 0 Å². The Kier molecular flexibility index (Phi) is 6.10. The highest BCUT2D eigenvalue weighted by Crippen LogP contribution is 2.34.